The van der Waals surface area contributed by atoms with Crippen molar-refractivity contribution in [2.75, 3.05) is 7.11 Å². The Kier molecular flexibility index (Phi) is 5.97. The van der Waals surface area contributed by atoms with Crippen LogP contribution in [0.1, 0.15) is 28.3 Å². The summed E-state index contributed by atoms with van der Waals surface area (Å²) < 4.78 is 5.23. The Morgan fingerprint density at radius 1 is 1.16 bits per heavy atom. The number of benzene rings is 2. The summed E-state index contributed by atoms with van der Waals surface area (Å²) in [4.78, 5) is 31.7. The summed E-state index contributed by atoms with van der Waals surface area (Å²) in [6, 6.07) is 14.9. The number of aliphatic hydroxyl groups is 1. The molecule has 0 unspecified atom stereocenters. The number of ketones is 1. The lowest BCUT2D eigenvalue weighted by molar-refractivity contribution is -0.140. The number of amides is 1. The number of aryl methyl sites for hydroxylation is 1. The van der Waals surface area contributed by atoms with Crippen molar-refractivity contribution < 1.29 is 19.4 Å². The van der Waals surface area contributed by atoms with Gasteiger partial charge in [0.05, 0.1) is 18.7 Å². The van der Waals surface area contributed by atoms with Crippen LogP contribution in [0.5, 0.6) is 5.75 Å². The van der Waals surface area contributed by atoms with Crippen LogP contribution in [-0.4, -0.2) is 33.8 Å². The van der Waals surface area contributed by atoms with E-state index in [4.69, 9.17) is 16.3 Å². The Hall–Kier alpha value is -3.64. The van der Waals surface area contributed by atoms with Gasteiger partial charge in [0.25, 0.3) is 11.7 Å². The van der Waals surface area contributed by atoms with Gasteiger partial charge in [-0.3, -0.25) is 14.6 Å². The number of likely N-dealkylation sites (tertiary alicyclic amines) is 1. The van der Waals surface area contributed by atoms with Crippen molar-refractivity contribution in [1.82, 2.24) is 9.88 Å². The van der Waals surface area contributed by atoms with Gasteiger partial charge in [-0.05, 0) is 60.0 Å². The topological polar surface area (TPSA) is 79.7 Å². The highest BCUT2D eigenvalue weighted by Gasteiger charge is 2.46. The number of nitrogens with zero attached hydrogens (tertiary/aromatic N) is 2. The number of aliphatic hydroxyl groups excluding tert-OH is 1. The largest absolute Gasteiger partial charge is 0.507 e. The maximum absolute atomic E-state index is 13.1. The summed E-state index contributed by atoms with van der Waals surface area (Å²) in [5, 5.41) is 11.8. The van der Waals surface area contributed by atoms with E-state index in [2.05, 4.69) is 4.98 Å². The maximum atomic E-state index is 13.1. The molecule has 0 aliphatic carbocycles. The fourth-order valence-electron chi connectivity index (χ4n) is 3.90. The molecule has 4 rings (SSSR count). The van der Waals surface area contributed by atoms with Crippen molar-refractivity contribution in [1.29, 1.82) is 0 Å². The SMILES string of the molecule is COc1ccc(/C(O)=C2\C(=O)C(=O)N(Cc3cccnc3)[C@H]2c2ccc(Cl)cc2)c(C)c1. The van der Waals surface area contributed by atoms with Gasteiger partial charge in [0.2, 0.25) is 0 Å². The smallest absolute Gasteiger partial charge is 0.295 e. The van der Waals surface area contributed by atoms with Gasteiger partial charge < -0.3 is 14.7 Å². The van der Waals surface area contributed by atoms with Crippen molar-refractivity contribution in [3.05, 3.63) is 99.8 Å². The van der Waals surface area contributed by atoms with E-state index in [0.717, 1.165) is 11.1 Å². The molecule has 0 saturated carbocycles. The third kappa shape index (κ3) is 3.97. The molecule has 2 heterocycles. The molecule has 3 aromatic rings. The van der Waals surface area contributed by atoms with Crippen LogP contribution < -0.4 is 4.74 Å². The van der Waals surface area contributed by atoms with E-state index in [1.165, 1.54) is 4.90 Å². The molecule has 0 spiro atoms. The summed E-state index contributed by atoms with van der Waals surface area (Å²) in [7, 11) is 1.55. The summed E-state index contributed by atoms with van der Waals surface area (Å²) in [5.41, 5.74) is 2.66. The van der Waals surface area contributed by atoms with Gasteiger partial charge in [0.1, 0.15) is 11.5 Å². The number of ether oxygens (including phenoxy) is 1. The first-order valence-corrected chi connectivity index (χ1v) is 10.4. The standard InChI is InChI=1S/C25H21ClN2O4/c1-15-12-19(32-2)9-10-20(15)23(29)21-22(17-5-7-18(26)8-6-17)28(25(31)24(21)30)14-16-4-3-11-27-13-16/h3-13,22,29H,14H2,1-2H3/b23-21+/t22-/m0/s1. The molecule has 1 N–H and O–H groups in total. The van der Waals surface area contributed by atoms with E-state index in [1.807, 2.05) is 6.07 Å². The molecule has 1 amide bonds. The summed E-state index contributed by atoms with van der Waals surface area (Å²) in [6.07, 6.45) is 3.28. The zero-order valence-electron chi connectivity index (χ0n) is 17.6. The van der Waals surface area contributed by atoms with Gasteiger partial charge in [-0.25, -0.2) is 0 Å². The van der Waals surface area contributed by atoms with Gasteiger partial charge in [-0.15, -0.1) is 0 Å². The summed E-state index contributed by atoms with van der Waals surface area (Å²) >= 11 is 6.06. The fraction of sp³-hybridized carbons (Fsp3) is 0.160. The van der Waals surface area contributed by atoms with E-state index < -0.39 is 17.7 Å². The normalized spacial score (nSPS) is 17.6. The minimum atomic E-state index is -0.769. The Bertz CT molecular complexity index is 1210. The molecular formula is C25H21ClN2O4. The highest BCUT2D eigenvalue weighted by Crippen LogP contribution is 2.41. The highest BCUT2D eigenvalue weighted by molar-refractivity contribution is 6.46. The molecule has 162 valence electrons. The van der Waals surface area contributed by atoms with Crippen LogP contribution in [0.25, 0.3) is 5.76 Å². The van der Waals surface area contributed by atoms with Crippen LogP contribution >= 0.6 is 11.6 Å². The first-order valence-electron chi connectivity index (χ1n) is 9.98. The van der Waals surface area contributed by atoms with E-state index in [9.17, 15) is 14.7 Å². The first kappa shape index (κ1) is 21.6. The number of rotatable bonds is 5. The molecule has 1 aromatic heterocycles. The quantitative estimate of drug-likeness (QED) is 0.348. The number of Topliss-reactive ketones (excluding diaryl/α,β-unsaturated/α-hetero) is 1. The lowest BCUT2D eigenvalue weighted by atomic mass is 9.94. The van der Waals surface area contributed by atoms with Gasteiger partial charge in [-0.2, -0.15) is 0 Å². The number of hydrogen-bond acceptors (Lipinski definition) is 5. The second-order valence-electron chi connectivity index (χ2n) is 7.52. The zero-order chi connectivity index (χ0) is 22.8. The van der Waals surface area contributed by atoms with Crippen molar-refractivity contribution >= 4 is 29.1 Å². The Labute approximate surface area is 190 Å². The lowest BCUT2D eigenvalue weighted by Gasteiger charge is -2.25. The van der Waals surface area contributed by atoms with Crippen LogP contribution in [0.2, 0.25) is 5.02 Å². The predicted molar refractivity (Wildman–Crippen MR) is 121 cm³/mol. The Morgan fingerprint density at radius 2 is 1.91 bits per heavy atom. The average Bonchev–Trinajstić information content (AvgIpc) is 3.04. The number of pyridine rings is 1. The molecule has 2 aromatic carbocycles. The molecule has 0 bridgehead atoms. The molecule has 1 aliphatic heterocycles. The first-order chi connectivity index (χ1) is 15.4. The van der Waals surface area contributed by atoms with Crippen molar-refractivity contribution in [3.8, 4) is 5.75 Å². The predicted octanol–water partition coefficient (Wildman–Crippen LogP) is 4.67. The summed E-state index contributed by atoms with van der Waals surface area (Å²) in [6.45, 7) is 1.98. The van der Waals surface area contributed by atoms with Gasteiger partial charge in [-0.1, -0.05) is 29.8 Å². The number of carbonyl (C=O) groups is 2. The maximum Gasteiger partial charge on any atom is 0.295 e. The molecule has 0 radical (unpaired) electrons. The number of methoxy groups -OCH3 is 1. The zero-order valence-corrected chi connectivity index (χ0v) is 18.3. The molecule has 1 saturated heterocycles. The fourth-order valence-corrected chi connectivity index (χ4v) is 4.02. The molecule has 32 heavy (non-hydrogen) atoms. The monoisotopic (exact) mass is 448 g/mol. The second kappa shape index (κ2) is 8.85. The average molecular weight is 449 g/mol. The minimum Gasteiger partial charge on any atom is -0.507 e. The Balaban J connectivity index is 1.87. The summed E-state index contributed by atoms with van der Waals surface area (Å²) in [5.74, 6) is -1.01. The number of aromatic nitrogens is 1. The van der Waals surface area contributed by atoms with Gasteiger partial charge in [0, 0.05) is 29.5 Å². The van der Waals surface area contributed by atoms with Crippen LogP contribution in [0.4, 0.5) is 0 Å². The van der Waals surface area contributed by atoms with Crippen LogP contribution in [0.3, 0.4) is 0 Å². The van der Waals surface area contributed by atoms with Crippen LogP contribution in [0, 0.1) is 6.92 Å². The molecule has 7 heteroatoms. The van der Waals surface area contributed by atoms with Crippen molar-refractivity contribution in [3.63, 3.8) is 0 Å². The molecule has 6 nitrogen and oxygen atoms in total. The molecule has 1 aliphatic rings. The van der Waals surface area contributed by atoms with Crippen molar-refractivity contribution in [2.45, 2.75) is 19.5 Å². The molecule has 1 fully saturated rings. The third-order valence-corrected chi connectivity index (χ3v) is 5.74. The van der Waals surface area contributed by atoms with E-state index in [0.29, 0.717) is 21.9 Å². The second-order valence-corrected chi connectivity index (χ2v) is 7.96. The lowest BCUT2D eigenvalue weighted by Crippen LogP contribution is -2.29. The number of hydrogen-bond donors (Lipinski definition) is 1. The van der Waals surface area contributed by atoms with Crippen LogP contribution in [-0.2, 0) is 16.1 Å². The van der Waals surface area contributed by atoms with Crippen LogP contribution in [0.15, 0.2) is 72.6 Å². The number of carbonyl (C=O) groups excluding carboxylic acids is 2. The minimum absolute atomic E-state index is 0.0366. The highest BCUT2D eigenvalue weighted by atomic mass is 35.5. The van der Waals surface area contributed by atoms with E-state index in [1.54, 1.807) is 75.0 Å². The van der Waals surface area contributed by atoms with E-state index in [-0.39, 0.29) is 17.9 Å². The van der Waals surface area contributed by atoms with Gasteiger partial charge in [0.15, 0.2) is 0 Å². The van der Waals surface area contributed by atoms with E-state index >= 15 is 0 Å². The third-order valence-electron chi connectivity index (χ3n) is 5.49. The number of halogens is 1. The van der Waals surface area contributed by atoms with Gasteiger partial charge >= 0.3 is 0 Å². The van der Waals surface area contributed by atoms with Crippen molar-refractivity contribution in [2.24, 2.45) is 0 Å². The molecule has 1 atom stereocenters. The Morgan fingerprint density at radius 3 is 2.53 bits per heavy atom. The molecular weight excluding hydrogens is 428 g/mol.